The lowest BCUT2D eigenvalue weighted by Gasteiger charge is -2.20. The van der Waals surface area contributed by atoms with Crippen LogP contribution in [0.25, 0.3) is 6.08 Å². The minimum atomic E-state index is -0.358. The third-order valence-corrected chi connectivity index (χ3v) is 3.94. The SMILES string of the molecule is CNC(=O)C1CSCN1C(=O)C=Cc1ccccc1. The molecule has 4 nitrogen and oxygen atoms in total. The number of amides is 2. The number of rotatable bonds is 3. The second kappa shape index (κ2) is 6.43. The van der Waals surface area contributed by atoms with E-state index in [0.717, 1.165) is 5.56 Å². The van der Waals surface area contributed by atoms with Gasteiger partial charge in [0.2, 0.25) is 11.8 Å². The van der Waals surface area contributed by atoms with Gasteiger partial charge in [-0.1, -0.05) is 30.3 Å². The Hall–Kier alpha value is -1.75. The number of carbonyl (C=O) groups is 2. The van der Waals surface area contributed by atoms with Gasteiger partial charge < -0.3 is 10.2 Å². The van der Waals surface area contributed by atoms with Gasteiger partial charge in [0.25, 0.3) is 0 Å². The van der Waals surface area contributed by atoms with Crippen LogP contribution in [0.15, 0.2) is 36.4 Å². The van der Waals surface area contributed by atoms with Crippen LogP contribution in [0.1, 0.15) is 5.56 Å². The molecule has 5 heteroatoms. The maximum absolute atomic E-state index is 12.1. The Morgan fingerprint density at radius 2 is 2.11 bits per heavy atom. The summed E-state index contributed by atoms with van der Waals surface area (Å²) in [6.07, 6.45) is 3.30. The number of likely N-dealkylation sites (N-methyl/N-ethyl adjacent to an activating group) is 1. The number of nitrogens with one attached hydrogen (secondary N) is 1. The highest BCUT2D eigenvalue weighted by atomic mass is 32.2. The zero-order valence-corrected chi connectivity index (χ0v) is 11.5. The Balaban J connectivity index is 2.03. The summed E-state index contributed by atoms with van der Waals surface area (Å²) in [6, 6.07) is 9.27. The molecule has 2 rings (SSSR count). The fourth-order valence-corrected chi connectivity index (χ4v) is 3.03. The molecular weight excluding hydrogens is 260 g/mol. The molecule has 0 spiro atoms. The van der Waals surface area contributed by atoms with Gasteiger partial charge in [-0.15, -0.1) is 11.8 Å². The van der Waals surface area contributed by atoms with Crippen LogP contribution < -0.4 is 5.32 Å². The van der Waals surface area contributed by atoms with E-state index in [-0.39, 0.29) is 17.9 Å². The molecule has 1 fully saturated rings. The predicted octanol–water partition coefficient (Wildman–Crippen LogP) is 1.35. The van der Waals surface area contributed by atoms with Crippen molar-refractivity contribution >= 4 is 29.7 Å². The first-order chi connectivity index (χ1) is 9.22. The summed E-state index contributed by atoms with van der Waals surface area (Å²) < 4.78 is 0. The molecule has 1 aliphatic heterocycles. The summed E-state index contributed by atoms with van der Waals surface area (Å²) in [5.41, 5.74) is 0.971. The lowest BCUT2D eigenvalue weighted by atomic mass is 10.2. The molecule has 2 amide bonds. The van der Waals surface area contributed by atoms with E-state index in [1.807, 2.05) is 30.3 Å². The van der Waals surface area contributed by atoms with Crippen LogP contribution in [-0.2, 0) is 9.59 Å². The van der Waals surface area contributed by atoms with E-state index < -0.39 is 0 Å². The van der Waals surface area contributed by atoms with Crippen LogP contribution >= 0.6 is 11.8 Å². The molecule has 100 valence electrons. The van der Waals surface area contributed by atoms with Crippen LogP contribution in [0, 0.1) is 0 Å². The van der Waals surface area contributed by atoms with Crippen molar-refractivity contribution < 1.29 is 9.59 Å². The highest BCUT2D eigenvalue weighted by molar-refractivity contribution is 7.99. The van der Waals surface area contributed by atoms with Crippen molar-refractivity contribution in [1.82, 2.24) is 10.2 Å². The van der Waals surface area contributed by atoms with Crippen molar-refractivity contribution in [2.75, 3.05) is 18.7 Å². The van der Waals surface area contributed by atoms with Crippen LogP contribution in [-0.4, -0.2) is 41.4 Å². The number of carbonyl (C=O) groups excluding carboxylic acids is 2. The number of thioether (sulfide) groups is 1. The average molecular weight is 276 g/mol. The van der Waals surface area contributed by atoms with Gasteiger partial charge in [0.1, 0.15) is 6.04 Å². The molecule has 1 aromatic carbocycles. The Labute approximate surface area is 116 Å². The number of benzene rings is 1. The quantitative estimate of drug-likeness (QED) is 0.848. The fourth-order valence-electron chi connectivity index (χ4n) is 1.87. The smallest absolute Gasteiger partial charge is 0.247 e. The summed E-state index contributed by atoms with van der Waals surface area (Å²) in [7, 11) is 1.59. The molecule has 19 heavy (non-hydrogen) atoms. The van der Waals surface area contributed by atoms with Gasteiger partial charge >= 0.3 is 0 Å². The second-order valence-electron chi connectivity index (χ2n) is 4.18. The van der Waals surface area contributed by atoms with E-state index in [1.165, 1.54) is 6.08 Å². The highest BCUT2D eigenvalue weighted by Crippen LogP contribution is 2.21. The van der Waals surface area contributed by atoms with Crippen LogP contribution in [0.5, 0.6) is 0 Å². The monoisotopic (exact) mass is 276 g/mol. The zero-order valence-electron chi connectivity index (χ0n) is 10.7. The van der Waals surface area contributed by atoms with E-state index in [2.05, 4.69) is 5.32 Å². The minimum Gasteiger partial charge on any atom is -0.357 e. The summed E-state index contributed by atoms with van der Waals surface area (Å²) in [6.45, 7) is 0. The molecular formula is C14H16N2O2S. The van der Waals surface area contributed by atoms with Gasteiger partial charge in [-0.05, 0) is 11.6 Å². The first kappa shape index (κ1) is 13.7. The molecule has 1 saturated heterocycles. The standard InChI is InChI=1S/C14H16N2O2S/c1-15-14(18)12-9-19-10-16(12)13(17)8-7-11-5-3-2-4-6-11/h2-8,12H,9-10H2,1H3,(H,15,18). The van der Waals surface area contributed by atoms with E-state index in [9.17, 15) is 9.59 Å². The highest BCUT2D eigenvalue weighted by Gasteiger charge is 2.32. The molecule has 0 aliphatic carbocycles. The summed E-state index contributed by atoms with van der Waals surface area (Å²) in [5, 5.41) is 2.60. The van der Waals surface area contributed by atoms with Crippen LogP contribution in [0.4, 0.5) is 0 Å². The molecule has 1 heterocycles. The van der Waals surface area contributed by atoms with Crippen molar-refractivity contribution in [3.8, 4) is 0 Å². The molecule has 1 unspecified atom stereocenters. The molecule has 0 radical (unpaired) electrons. The van der Waals surface area contributed by atoms with Crippen molar-refractivity contribution in [1.29, 1.82) is 0 Å². The second-order valence-corrected chi connectivity index (χ2v) is 5.18. The Kier molecular flexibility index (Phi) is 4.63. The van der Waals surface area contributed by atoms with Gasteiger partial charge in [-0.25, -0.2) is 0 Å². The summed E-state index contributed by atoms with van der Waals surface area (Å²) >= 11 is 1.59. The van der Waals surface area contributed by atoms with Crippen molar-refractivity contribution in [2.24, 2.45) is 0 Å². The van der Waals surface area contributed by atoms with Crippen molar-refractivity contribution in [3.63, 3.8) is 0 Å². The predicted molar refractivity (Wildman–Crippen MR) is 77.5 cm³/mol. The first-order valence-corrected chi connectivity index (χ1v) is 7.21. The van der Waals surface area contributed by atoms with E-state index in [4.69, 9.17) is 0 Å². The maximum Gasteiger partial charge on any atom is 0.247 e. The molecule has 1 aliphatic rings. The lowest BCUT2D eigenvalue weighted by molar-refractivity contribution is -0.134. The van der Waals surface area contributed by atoms with Gasteiger partial charge in [-0.3, -0.25) is 9.59 Å². The third-order valence-electron chi connectivity index (χ3n) is 2.93. The molecule has 1 N–H and O–H groups in total. The number of hydrogen-bond acceptors (Lipinski definition) is 3. The molecule has 0 bridgehead atoms. The van der Waals surface area contributed by atoms with E-state index in [0.29, 0.717) is 11.6 Å². The van der Waals surface area contributed by atoms with Crippen LogP contribution in [0.3, 0.4) is 0 Å². The summed E-state index contributed by atoms with van der Waals surface area (Å²) in [4.78, 5) is 25.4. The van der Waals surface area contributed by atoms with Gasteiger partial charge in [0.05, 0.1) is 5.88 Å². The maximum atomic E-state index is 12.1. The van der Waals surface area contributed by atoms with Crippen molar-refractivity contribution in [2.45, 2.75) is 6.04 Å². The van der Waals surface area contributed by atoms with E-state index in [1.54, 1.807) is 29.8 Å². The number of nitrogens with zero attached hydrogens (tertiary/aromatic N) is 1. The van der Waals surface area contributed by atoms with Gasteiger partial charge in [0, 0.05) is 18.9 Å². The fraction of sp³-hybridized carbons (Fsp3) is 0.286. The molecule has 1 atom stereocenters. The lowest BCUT2D eigenvalue weighted by Crippen LogP contribution is -2.45. The zero-order chi connectivity index (χ0) is 13.7. The molecule has 0 saturated carbocycles. The largest absolute Gasteiger partial charge is 0.357 e. The number of hydrogen-bond donors (Lipinski definition) is 1. The first-order valence-electron chi connectivity index (χ1n) is 6.05. The van der Waals surface area contributed by atoms with E-state index >= 15 is 0 Å². The Morgan fingerprint density at radius 1 is 1.37 bits per heavy atom. The van der Waals surface area contributed by atoms with Crippen LogP contribution in [0.2, 0.25) is 0 Å². The molecule has 0 aromatic heterocycles. The Morgan fingerprint density at radius 3 is 2.79 bits per heavy atom. The average Bonchev–Trinajstić information content (AvgIpc) is 2.94. The third kappa shape index (κ3) is 3.38. The van der Waals surface area contributed by atoms with Gasteiger partial charge in [0.15, 0.2) is 0 Å². The summed E-state index contributed by atoms with van der Waals surface area (Å²) in [5.74, 6) is 0.995. The topological polar surface area (TPSA) is 49.4 Å². The van der Waals surface area contributed by atoms with Gasteiger partial charge in [-0.2, -0.15) is 0 Å². The minimum absolute atomic E-state index is 0.105. The Bertz CT molecular complexity index is 487. The normalized spacial score (nSPS) is 18.8. The molecule has 1 aromatic rings. The van der Waals surface area contributed by atoms with Crippen molar-refractivity contribution in [3.05, 3.63) is 42.0 Å².